The molecule has 21 heavy (non-hydrogen) atoms. The smallest absolute Gasteiger partial charge is 0.412 e. The topological polar surface area (TPSA) is 38.5 Å². The number of alkyl halides is 3. The summed E-state index contributed by atoms with van der Waals surface area (Å²) in [6, 6.07) is 7.39. The lowest BCUT2D eigenvalue weighted by molar-refractivity contribution is -0.0964. The van der Waals surface area contributed by atoms with E-state index >= 15 is 0 Å². The van der Waals surface area contributed by atoms with Crippen LogP contribution in [0.25, 0.3) is 0 Å². The first-order chi connectivity index (χ1) is 9.95. The van der Waals surface area contributed by atoms with Gasteiger partial charge in [0.05, 0.1) is 7.11 Å². The van der Waals surface area contributed by atoms with Gasteiger partial charge in [-0.15, -0.1) is 0 Å². The summed E-state index contributed by atoms with van der Waals surface area (Å²) in [7, 11) is 1.59. The van der Waals surface area contributed by atoms with E-state index in [1.54, 1.807) is 7.11 Å². The van der Waals surface area contributed by atoms with Crippen molar-refractivity contribution in [1.29, 1.82) is 0 Å². The van der Waals surface area contributed by atoms with Crippen molar-refractivity contribution in [1.82, 2.24) is 4.90 Å². The molecule has 1 aliphatic heterocycles. The van der Waals surface area contributed by atoms with Crippen molar-refractivity contribution >= 4 is 0 Å². The zero-order chi connectivity index (χ0) is 15.5. The number of benzene rings is 1. The number of halogens is 3. The van der Waals surface area contributed by atoms with Gasteiger partial charge in [0, 0.05) is 31.2 Å². The monoisotopic (exact) mass is 300 g/mol. The third-order valence-electron chi connectivity index (χ3n) is 3.77. The molecule has 0 saturated heterocycles. The molecule has 0 radical (unpaired) electrons. The number of nitrogens with two attached hydrogens (primary N) is 1. The second-order valence-electron chi connectivity index (χ2n) is 5.00. The van der Waals surface area contributed by atoms with Crippen LogP contribution in [0, 0.1) is 0 Å². The third kappa shape index (κ3) is 3.77. The molecule has 1 aromatic rings. The Morgan fingerprint density at radius 1 is 1.29 bits per heavy atom. The highest BCUT2D eigenvalue weighted by Crippen LogP contribution is 2.32. The van der Waals surface area contributed by atoms with Crippen molar-refractivity contribution in [2.45, 2.75) is 18.6 Å². The summed E-state index contributed by atoms with van der Waals surface area (Å²) in [4.78, 5) is 1.97. The van der Waals surface area contributed by atoms with Crippen LogP contribution in [0.1, 0.15) is 18.0 Å². The molecule has 0 bridgehead atoms. The molecule has 2 N–H and O–H groups in total. The Labute approximate surface area is 122 Å². The van der Waals surface area contributed by atoms with E-state index in [2.05, 4.69) is 0 Å². The highest BCUT2D eigenvalue weighted by Gasteiger charge is 2.35. The summed E-state index contributed by atoms with van der Waals surface area (Å²) < 4.78 is 43.0. The standard InChI is InChI=1S/C15H19F3N2O/c1-21-13-4-2-11(3-5-13)14(10-19)20-8-6-12(7-9-20)15(16,17)18/h2-6,14H,7-10,19H2,1H3. The van der Waals surface area contributed by atoms with Gasteiger partial charge in [-0.1, -0.05) is 18.2 Å². The normalized spacial score (nSPS) is 18.2. The first kappa shape index (κ1) is 15.9. The lowest BCUT2D eigenvalue weighted by Gasteiger charge is -2.34. The maximum absolute atomic E-state index is 12.6. The Morgan fingerprint density at radius 3 is 2.38 bits per heavy atom. The Hall–Kier alpha value is -1.53. The van der Waals surface area contributed by atoms with E-state index in [0.29, 0.717) is 13.1 Å². The van der Waals surface area contributed by atoms with Crippen LogP contribution < -0.4 is 10.5 Å². The molecular weight excluding hydrogens is 281 g/mol. The number of nitrogens with zero attached hydrogens (tertiary/aromatic N) is 1. The van der Waals surface area contributed by atoms with E-state index in [1.807, 2.05) is 29.2 Å². The minimum atomic E-state index is -4.22. The molecule has 0 aliphatic carbocycles. The van der Waals surface area contributed by atoms with Crippen molar-refractivity contribution in [3.8, 4) is 5.75 Å². The van der Waals surface area contributed by atoms with E-state index in [9.17, 15) is 13.2 Å². The van der Waals surface area contributed by atoms with Crippen LogP contribution in [-0.2, 0) is 0 Å². The van der Waals surface area contributed by atoms with Gasteiger partial charge in [0.1, 0.15) is 5.75 Å². The van der Waals surface area contributed by atoms with Crippen LogP contribution in [0.3, 0.4) is 0 Å². The molecule has 1 aromatic carbocycles. The van der Waals surface area contributed by atoms with Crippen LogP contribution in [-0.4, -0.2) is 37.8 Å². The minimum Gasteiger partial charge on any atom is -0.497 e. The first-order valence-electron chi connectivity index (χ1n) is 6.80. The molecule has 1 heterocycles. The molecule has 1 atom stereocenters. The van der Waals surface area contributed by atoms with Crippen LogP contribution in [0.4, 0.5) is 13.2 Å². The summed E-state index contributed by atoms with van der Waals surface area (Å²) in [5, 5.41) is 0. The van der Waals surface area contributed by atoms with Crippen molar-refractivity contribution in [2.75, 3.05) is 26.7 Å². The predicted octanol–water partition coefficient (Wildman–Crippen LogP) is 2.89. The minimum absolute atomic E-state index is 0.0101. The summed E-state index contributed by atoms with van der Waals surface area (Å²) in [6.45, 7) is 0.990. The molecule has 0 spiro atoms. The van der Waals surface area contributed by atoms with Crippen LogP contribution in [0.5, 0.6) is 5.75 Å². The molecule has 6 heteroatoms. The molecule has 0 saturated carbocycles. The summed E-state index contributed by atoms with van der Waals surface area (Å²) >= 11 is 0. The van der Waals surface area contributed by atoms with E-state index in [-0.39, 0.29) is 19.0 Å². The van der Waals surface area contributed by atoms with Gasteiger partial charge in [-0.05, 0) is 24.1 Å². The van der Waals surface area contributed by atoms with Crippen molar-refractivity contribution in [3.63, 3.8) is 0 Å². The van der Waals surface area contributed by atoms with Gasteiger partial charge in [-0.2, -0.15) is 13.2 Å². The van der Waals surface area contributed by atoms with Crippen molar-refractivity contribution in [3.05, 3.63) is 41.5 Å². The van der Waals surface area contributed by atoms with E-state index in [1.165, 1.54) is 6.08 Å². The molecule has 3 nitrogen and oxygen atoms in total. The average molecular weight is 300 g/mol. The number of hydrogen-bond acceptors (Lipinski definition) is 3. The average Bonchev–Trinajstić information content (AvgIpc) is 2.48. The number of ether oxygens (including phenoxy) is 1. The molecule has 116 valence electrons. The summed E-state index contributed by atoms with van der Waals surface area (Å²) in [5.74, 6) is 0.743. The van der Waals surface area contributed by atoms with Gasteiger partial charge in [0.15, 0.2) is 0 Å². The second-order valence-corrected chi connectivity index (χ2v) is 5.00. The van der Waals surface area contributed by atoms with Crippen molar-refractivity contribution < 1.29 is 17.9 Å². The summed E-state index contributed by atoms with van der Waals surface area (Å²) in [5.41, 5.74) is 6.36. The zero-order valence-corrected chi connectivity index (χ0v) is 11.9. The Kier molecular flexibility index (Phi) is 4.90. The first-order valence-corrected chi connectivity index (χ1v) is 6.80. The second kappa shape index (κ2) is 6.49. The Bertz CT molecular complexity index is 497. The lowest BCUT2D eigenvalue weighted by Crippen LogP contribution is -2.38. The predicted molar refractivity (Wildman–Crippen MR) is 75.1 cm³/mol. The van der Waals surface area contributed by atoms with Gasteiger partial charge < -0.3 is 10.5 Å². The van der Waals surface area contributed by atoms with E-state index in [0.717, 1.165) is 11.3 Å². The summed E-state index contributed by atoms with van der Waals surface area (Å²) in [6.07, 6.45) is -2.95. The van der Waals surface area contributed by atoms with Gasteiger partial charge in [-0.25, -0.2) is 0 Å². The molecular formula is C15H19F3N2O. The lowest BCUT2D eigenvalue weighted by atomic mass is 10.0. The SMILES string of the molecule is COc1ccc(C(CN)N2CC=C(C(F)(F)F)CC2)cc1. The largest absolute Gasteiger partial charge is 0.497 e. The third-order valence-corrected chi connectivity index (χ3v) is 3.77. The van der Waals surface area contributed by atoms with Gasteiger partial charge in [-0.3, -0.25) is 4.90 Å². The van der Waals surface area contributed by atoms with Gasteiger partial charge >= 0.3 is 6.18 Å². The van der Waals surface area contributed by atoms with Gasteiger partial charge in [0.25, 0.3) is 0 Å². The molecule has 2 rings (SSSR count). The van der Waals surface area contributed by atoms with E-state index < -0.39 is 11.7 Å². The maximum Gasteiger partial charge on any atom is 0.412 e. The highest BCUT2D eigenvalue weighted by molar-refractivity contribution is 5.30. The number of methoxy groups -OCH3 is 1. The molecule has 0 amide bonds. The molecule has 0 fully saturated rings. The molecule has 1 aliphatic rings. The quantitative estimate of drug-likeness (QED) is 0.869. The van der Waals surface area contributed by atoms with Crippen LogP contribution in [0.15, 0.2) is 35.9 Å². The van der Waals surface area contributed by atoms with Crippen LogP contribution in [0.2, 0.25) is 0 Å². The van der Waals surface area contributed by atoms with E-state index in [4.69, 9.17) is 10.5 Å². The van der Waals surface area contributed by atoms with Gasteiger partial charge in [0.2, 0.25) is 0 Å². The van der Waals surface area contributed by atoms with Crippen LogP contribution >= 0.6 is 0 Å². The fourth-order valence-electron chi connectivity index (χ4n) is 2.55. The number of rotatable bonds is 4. The maximum atomic E-state index is 12.6. The zero-order valence-electron chi connectivity index (χ0n) is 11.9. The van der Waals surface area contributed by atoms with Crippen molar-refractivity contribution in [2.24, 2.45) is 5.73 Å². The fourth-order valence-corrected chi connectivity index (χ4v) is 2.55. The molecule has 0 aromatic heterocycles. The fraction of sp³-hybridized carbons (Fsp3) is 0.467. The number of hydrogen-bond donors (Lipinski definition) is 1. The highest BCUT2D eigenvalue weighted by atomic mass is 19.4. The Morgan fingerprint density at radius 2 is 1.95 bits per heavy atom. The molecule has 1 unspecified atom stereocenters. The Balaban J connectivity index is 2.10.